The number of hydrogen-bond acceptors (Lipinski definition) is 3. The van der Waals surface area contributed by atoms with Gasteiger partial charge < -0.3 is 16.4 Å². The maximum absolute atomic E-state index is 12.3. The number of fused-ring (bicyclic) bond motifs is 1. The van der Waals surface area contributed by atoms with Gasteiger partial charge in [-0.2, -0.15) is 0 Å². The monoisotopic (exact) mass is 324 g/mol. The molecule has 0 aliphatic carbocycles. The molecule has 1 aliphatic rings. The van der Waals surface area contributed by atoms with Crippen LogP contribution in [0.5, 0.6) is 0 Å². The molecule has 0 aromatic heterocycles. The summed E-state index contributed by atoms with van der Waals surface area (Å²) in [4.78, 5) is 14.6. The molecule has 5 nitrogen and oxygen atoms in total. The van der Waals surface area contributed by atoms with Gasteiger partial charge in [0.2, 0.25) is 0 Å². The van der Waals surface area contributed by atoms with Gasteiger partial charge in [0.05, 0.1) is 0 Å². The van der Waals surface area contributed by atoms with Crippen LogP contribution in [0.1, 0.15) is 16.7 Å². The van der Waals surface area contributed by atoms with Crippen LogP contribution in [0.3, 0.4) is 0 Å². The van der Waals surface area contributed by atoms with Crippen molar-refractivity contribution < 1.29 is 4.79 Å². The standard InChI is InChI=1S/C19H24N4O/c1-14-5-7-16(8-6-14)21-19(24)22-18-4-2-3-15-13-23(12-10-20)11-9-17(15)18/h2-8H,9-13,20H2,1H3,(H2,21,22,24). The van der Waals surface area contributed by atoms with Gasteiger partial charge in [-0.1, -0.05) is 29.8 Å². The zero-order valence-electron chi connectivity index (χ0n) is 14.0. The number of nitrogens with zero attached hydrogens (tertiary/aromatic N) is 1. The van der Waals surface area contributed by atoms with Gasteiger partial charge in [0, 0.05) is 37.6 Å². The first-order chi connectivity index (χ1) is 11.7. The third-order valence-electron chi connectivity index (χ3n) is 4.35. The molecule has 0 fully saturated rings. The summed E-state index contributed by atoms with van der Waals surface area (Å²) >= 11 is 0. The lowest BCUT2D eigenvalue weighted by Crippen LogP contribution is -2.35. The van der Waals surface area contributed by atoms with Crippen molar-refractivity contribution in [3.63, 3.8) is 0 Å². The van der Waals surface area contributed by atoms with Crippen LogP contribution in [0, 0.1) is 6.92 Å². The average molecular weight is 324 g/mol. The molecule has 0 saturated carbocycles. The topological polar surface area (TPSA) is 70.4 Å². The highest BCUT2D eigenvalue weighted by molar-refractivity contribution is 6.00. The molecule has 1 heterocycles. The molecule has 1 aliphatic heterocycles. The second kappa shape index (κ2) is 7.47. The third-order valence-corrected chi connectivity index (χ3v) is 4.35. The number of nitrogens with two attached hydrogens (primary N) is 1. The average Bonchev–Trinajstić information content (AvgIpc) is 2.57. The quantitative estimate of drug-likeness (QED) is 0.810. The summed E-state index contributed by atoms with van der Waals surface area (Å²) in [5.74, 6) is 0. The molecular weight excluding hydrogens is 300 g/mol. The molecule has 2 amide bonds. The van der Waals surface area contributed by atoms with Gasteiger partial charge in [-0.05, 0) is 42.7 Å². The molecule has 126 valence electrons. The lowest BCUT2D eigenvalue weighted by molar-refractivity contribution is 0.260. The Morgan fingerprint density at radius 2 is 1.96 bits per heavy atom. The molecule has 0 saturated heterocycles. The Kier molecular flexibility index (Phi) is 5.13. The molecule has 0 atom stereocenters. The van der Waals surface area contributed by atoms with Crippen LogP contribution in [0.4, 0.5) is 16.2 Å². The first kappa shape index (κ1) is 16.5. The van der Waals surface area contributed by atoms with Crippen molar-refractivity contribution in [2.45, 2.75) is 19.9 Å². The predicted molar refractivity (Wildman–Crippen MR) is 98.3 cm³/mol. The Morgan fingerprint density at radius 1 is 1.17 bits per heavy atom. The summed E-state index contributed by atoms with van der Waals surface area (Å²) in [6.45, 7) is 5.47. The molecular formula is C19H24N4O. The van der Waals surface area contributed by atoms with E-state index in [9.17, 15) is 4.79 Å². The second-order valence-electron chi connectivity index (χ2n) is 6.20. The zero-order chi connectivity index (χ0) is 16.9. The molecule has 4 N–H and O–H groups in total. The van der Waals surface area contributed by atoms with E-state index in [1.165, 1.54) is 16.7 Å². The van der Waals surface area contributed by atoms with Crippen molar-refractivity contribution in [3.05, 3.63) is 59.2 Å². The Morgan fingerprint density at radius 3 is 2.71 bits per heavy atom. The maximum Gasteiger partial charge on any atom is 0.323 e. The summed E-state index contributed by atoms with van der Waals surface area (Å²) in [6, 6.07) is 13.6. The smallest absolute Gasteiger partial charge is 0.323 e. The van der Waals surface area contributed by atoms with E-state index < -0.39 is 0 Å². The lowest BCUT2D eigenvalue weighted by Gasteiger charge is -2.29. The van der Waals surface area contributed by atoms with Crippen LogP contribution in [0.15, 0.2) is 42.5 Å². The van der Waals surface area contributed by atoms with Crippen LogP contribution in [0.25, 0.3) is 0 Å². The van der Waals surface area contributed by atoms with E-state index >= 15 is 0 Å². The van der Waals surface area contributed by atoms with Crippen molar-refractivity contribution in [2.75, 3.05) is 30.3 Å². The van der Waals surface area contributed by atoms with Crippen LogP contribution in [0.2, 0.25) is 0 Å². The maximum atomic E-state index is 12.3. The number of carbonyl (C=O) groups is 1. The van der Waals surface area contributed by atoms with Crippen LogP contribution >= 0.6 is 0 Å². The fourth-order valence-corrected chi connectivity index (χ4v) is 3.08. The highest BCUT2D eigenvalue weighted by atomic mass is 16.2. The fraction of sp³-hybridized carbons (Fsp3) is 0.316. The van der Waals surface area contributed by atoms with E-state index in [0.717, 1.165) is 37.4 Å². The number of amides is 2. The summed E-state index contributed by atoms with van der Waals surface area (Å²) in [6.07, 6.45) is 0.927. The molecule has 0 spiro atoms. The number of carbonyl (C=O) groups excluding carboxylic acids is 1. The first-order valence-corrected chi connectivity index (χ1v) is 8.33. The molecule has 3 rings (SSSR count). The van der Waals surface area contributed by atoms with Gasteiger partial charge in [-0.25, -0.2) is 4.79 Å². The fourth-order valence-electron chi connectivity index (χ4n) is 3.08. The van der Waals surface area contributed by atoms with Crippen molar-refractivity contribution >= 4 is 17.4 Å². The lowest BCUT2D eigenvalue weighted by atomic mass is 9.98. The Balaban J connectivity index is 1.68. The largest absolute Gasteiger partial charge is 0.329 e. The SMILES string of the molecule is Cc1ccc(NC(=O)Nc2cccc3c2CCN(CCN)C3)cc1. The summed E-state index contributed by atoms with van der Waals surface area (Å²) < 4.78 is 0. The van der Waals surface area contributed by atoms with Gasteiger partial charge in [-0.15, -0.1) is 0 Å². The molecule has 24 heavy (non-hydrogen) atoms. The molecule has 0 bridgehead atoms. The van der Waals surface area contributed by atoms with E-state index in [-0.39, 0.29) is 6.03 Å². The minimum atomic E-state index is -0.211. The molecule has 2 aromatic carbocycles. The number of nitrogens with one attached hydrogen (secondary N) is 2. The van der Waals surface area contributed by atoms with Gasteiger partial charge in [0.15, 0.2) is 0 Å². The van der Waals surface area contributed by atoms with Crippen LogP contribution in [-0.2, 0) is 13.0 Å². The van der Waals surface area contributed by atoms with Crippen LogP contribution < -0.4 is 16.4 Å². The summed E-state index contributed by atoms with van der Waals surface area (Å²) in [5.41, 5.74) is 11.0. The normalized spacial score (nSPS) is 14.1. The zero-order valence-corrected chi connectivity index (χ0v) is 14.0. The van der Waals surface area contributed by atoms with Gasteiger partial charge >= 0.3 is 6.03 Å². The Hall–Kier alpha value is -2.37. The van der Waals surface area contributed by atoms with E-state index in [1.54, 1.807) is 0 Å². The predicted octanol–water partition coefficient (Wildman–Crippen LogP) is 2.96. The molecule has 0 radical (unpaired) electrons. The van der Waals surface area contributed by atoms with Crippen molar-refractivity contribution in [2.24, 2.45) is 5.73 Å². The first-order valence-electron chi connectivity index (χ1n) is 8.33. The van der Waals surface area contributed by atoms with Gasteiger partial charge in [-0.3, -0.25) is 4.90 Å². The van der Waals surface area contributed by atoms with E-state index in [1.807, 2.05) is 43.3 Å². The van der Waals surface area contributed by atoms with E-state index in [0.29, 0.717) is 6.54 Å². The molecule has 0 unspecified atom stereocenters. The third kappa shape index (κ3) is 3.93. The van der Waals surface area contributed by atoms with Gasteiger partial charge in [0.1, 0.15) is 0 Å². The van der Waals surface area contributed by atoms with Gasteiger partial charge in [0.25, 0.3) is 0 Å². The number of rotatable bonds is 4. The van der Waals surface area contributed by atoms with Crippen molar-refractivity contribution in [1.82, 2.24) is 4.90 Å². The molecule has 2 aromatic rings. The Labute approximate surface area is 142 Å². The highest BCUT2D eigenvalue weighted by Gasteiger charge is 2.18. The highest BCUT2D eigenvalue weighted by Crippen LogP contribution is 2.26. The van der Waals surface area contributed by atoms with E-state index in [2.05, 4.69) is 21.6 Å². The minimum absolute atomic E-state index is 0.211. The van der Waals surface area contributed by atoms with Crippen LogP contribution in [-0.4, -0.2) is 30.6 Å². The second-order valence-corrected chi connectivity index (χ2v) is 6.20. The number of anilines is 2. The van der Waals surface area contributed by atoms with Crippen molar-refractivity contribution in [1.29, 1.82) is 0 Å². The van der Waals surface area contributed by atoms with Crippen molar-refractivity contribution in [3.8, 4) is 0 Å². The number of urea groups is 1. The summed E-state index contributed by atoms with van der Waals surface area (Å²) in [5, 5.41) is 5.86. The minimum Gasteiger partial charge on any atom is -0.329 e. The molecule has 5 heteroatoms. The number of benzene rings is 2. The van der Waals surface area contributed by atoms with E-state index in [4.69, 9.17) is 5.73 Å². The Bertz CT molecular complexity index is 712. The summed E-state index contributed by atoms with van der Waals surface area (Å²) in [7, 11) is 0. The number of hydrogen-bond donors (Lipinski definition) is 3. The number of aryl methyl sites for hydroxylation is 1.